The molecule has 0 aliphatic carbocycles. The van der Waals surface area contributed by atoms with E-state index in [2.05, 4.69) is 15.4 Å². The molecule has 0 aliphatic heterocycles. The second-order valence-corrected chi connectivity index (χ2v) is 7.66. The molecule has 7 nitrogen and oxygen atoms in total. The fourth-order valence-corrected chi connectivity index (χ4v) is 3.88. The first-order valence-electron chi connectivity index (χ1n) is 8.69. The molecule has 3 aromatic rings. The van der Waals surface area contributed by atoms with Crippen molar-refractivity contribution >= 4 is 51.4 Å². The summed E-state index contributed by atoms with van der Waals surface area (Å²) in [5.41, 5.74) is 0.958. The van der Waals surface area contributed by atoms with Crippen LogP contribution in [-0.2, 0) is 4.74 Å². The lowest BCUT2D eigenvalue weighted by atomic mass is 10.1. The van der Waals surface area contributed by atoms with Crippen LogP contribution in [0.2, 0.25) is 5.02 Å². The van der Waals surface area contributed by atoms with Gasteiger partial charge in [0.1, 0.15) is 5.56 Å². The Hall–Kier alpha value is -3.36. The van der Waals surface area contributed by atoms with E-state index in [4.69, 9.17) is 11.6 Å². The molecule has 30 heavy (non-hydrogen) atoms. The van der Waals surface area contributed by atoms with Crippen LogP contribution in [0.1, 0.15) is 36.0 Å². The van der Waals surface area contributed by atoms with E-state index in [1.54, 1.807) is 37.3 Å². The minimum Gasteiger partial charge on any atom is -0.505 e. The summed E-state index contributed by atoms with van der Waals surface area (Å²) in [7, 11) is 1.19. The lowest BCUT2D eigenvalue weighted by molar-refractivity contribution is 0.0597. The lowest BCUT2D eigenvalue weighted by Gasteiger charge is -2.09. The number of benzene rings is 2. The summed E-state index contributed by atoms with van der Waals surface area (Å²) in [6.45, 7) is 1.72. The maximum Gasteiger partial charge on any atom is 0.341 e. The van der Waals surface area contributed by atoms with Crippen molar-refractivity contribution in [2.75, 3.05) is 17.7 Å². The highest BCUT2D eigenvalue weighted by molar-refractivity contribution is 7.18. The van der Waals surface area contributed by atoms with Crippen molar-refractivity contribution in [2.45, 2.75) is 6.92 Å². The smallest absolute Gasteiger partial charge is 0.341 e. The minimum atomic E-state index is -0.722. The Bertz CT molecular complexity index is 1140. The van der Waals surface area contributed by atoms with E-state index >= 15 is 0 Å². The fraction of sp³-hybridized carbons (Fsp3) is 0.0952. The number of aryl methyl sites for hydroxylation is 1. The number of nitrogens with one attached hydrogen (secondary N) is 2. The van der Waals surface area contributed by atoms with Crippen molar-refractivity contribution in [3.63, 3.8) is 0 Å². The molecule has 0 saturated carbocycles. The van der Waals surface area contributed by atoms with Crippen molar-refractivity contribution in [1.82, 2.24) is 0 Å². The third kappa shape index (κ3) is 4.45. The molecule has 0 unspecified atom stereocenters. The molecule has 0 fully saturated rings. The molecule has 9 heteroatoms. The Balaban J connectivity index is 1.79. The van der Waals surface area contributed by atoms with E-state index < -0.39 is 17.8 Å². The SMILES string of the molecule is COC(=O)c1cccc(NC(=O)c2sc(NC(=O)c3ccccc3Cl)cc2C)c1O. The number of carbonyl (C=O) groups excluding carboxylic acids is 3. The molecular weight excluding hydrogens is 428 g/mol. The summed E-state index contributed by atoms with van der Waals surface area (Å²) >= 11 is 7.12. The zero-order chi connectivity index (χ0) is 21.8. The van der Waals surface area contributed by atoms with Gasteiger partial charge in [-0.1, -0.05) is 29.8 Å². The van der Waals surface area contributed by atoms with E-state index in [1.165, 1.54) is 25.3 Å². The number of methoxy groups -OCH3 is 1. The second kappa shape index (κ2) is 8.98. The molecule has 1 aromatic heterocycles. The number of amides is 2. The fourth-order valence-electron chi connectivity index (χ4n) is 2.69. The van der Waals surface area contributed by atoms with E-state index in [1.807, 2.05) is 0 Å². The Morgan fingerprint density at radius 1 is 1.00 bits per heavy atom. The number of anilines is 2. The van der Waals surface area contributed by atoms with Crippen LogP contribution in [-0.4, -0.2) is 30.0 Å². The van der Waals surface area contributed by atoms with Crippen molar-refractivity contribution in [1.29, 1.82) is 0 Å². The van der Waals surface area contributed by atoms with Gasteiger partial charge in [0, 0.05) is 0 Å². The van der Waals surface area contributed by atoms with E-state index in [0.717, 1.165) is 11.3 Å². The quantitative estimate of drug-likeness (QED) is 0.390. The number of rotatable bonds is 5. The Morgan fingerprint density at radius 3 is 2.40 bits per heavy atom. The number of ether oxygens (including phenoxy) is 1. The molecule has 0 saturated heterocycles. The normalized spacial score (nSPS) is 10.4. The molecule has 0 radical (unpaired) electrons. The van der Waals surface area contributed by atoms with Gasteiger partial charge in [0.2, 0.25) is 0 Å². The molecule has 1 heterocycles. The van der Waals surface area contributed by atoms with E-state index in [0.29, 0.717) is 26.0 Å². The highest BCUT2D eigenvalue weighted by Gasteiger charge is 2.20. The molecule has 2 amide bonds. The first-order chi connectivity index (χ1) is 14.3. The number of phenolic OH excluding ortho intramolecular Hbond substituents is 1. The van der Waals surface area contributed by atoms with Crippen LogP contribution in [0, 0.1) is 6.92 Å². The van der Waals surface area contributed by atoms with Crippen LogP contribution >= 0.6 is 22.9 Å². The largest absolute Gasteiger partial charge is 0.505 e. The predicted octanol–water partition coefficient (Wildman–Crippen LogP) is 4.71. The summed E-state index contributed by atoms with van der Waals surface area (Å²) in [5, 5.41) is 16.3. The Labute approximate surface area is 181 Å². The summed E-state index contributed by atoms with van der Waals surface area (Å²) < 4.78 is 4.61. The van der Waals surface area contributed by atoms with Gasteiger partial charge in [0.15, 0.2) is 5.75 Å². The van der Waals surface area contributed by atoms with Crippen LogP contribution in [0.4, 0.5) is 10.7 Å². The van der Waals surface area contributed by atoms with Gasteiger partial charge in [-0.3, -0.25) is 9.59 Å². The van der Waals surface area contributed by atoms with E-state index in [9.17, 15) is 19.5 Å². The first kappa shape index (κ1) is 21.4. The van der Waals surface area contributed by atoms with Gasteiger partial charge in [-0.25, -0.2) is 4.79 Å². The highest BCUT2D eigenvalue weighted by atomic mass is 35.5. The first-order valence-corrected chi connectivity index (χ1v) is 9.89. The summed E-state index contributed by atoms with van der Waals surface area (Å²) in [5.74, 6) is -2.00. The monoisotopic (exact) mass is 444 g/mol. The van der Waals surface area contributed by atoms with Crippen molar-refractivity contribution in [3.05, 3.63) is 75.1 Å². The Kier molecular flexibility index (Phi) is 6.39. The molecule has 0 aliphatic rings. The van der Waals surface area contributed by atoms with Crippen molar-refractivity contribution in [3.8, 4) is 5.75 Å². The molecule has 3 rings (SSSR count). The van der Waals surface area contributed by atoms with Gasteiger partial charge >= 0.3 is 5.97 Å². The maximum absolute atomic E-state index is 12.7. The Morgan fingerprint density at radius 2 is 1.70 bits per heavy atom. The molecule has 3 N–H and O–H groups in total. The molecule has 0 atom stereocenters. The van der Waals surface area contributed by atoms with Crippen LogP contribution in [0.3, 0.4) is 0 Å². The van der Waals surface area contributed by atoms with Crippen LogP contribution < -0.4 is 10.6 Å². The molecular formula is C21H17ClN2O5S. The number of halogens is 1. The zero-order valence-electron chi connectivity index (χ0n) is 16.0. The third-order valence-electron chi connectivity index (χ3n) is 4.17. The van der Waals surface area contributed by atoms with Gasteiger partial charge < -0.3 is 20.5 Å². The predicted molar refractivity (Wildman–Crippen MR) is 116 cm³/mol. The standard InChI is InChI=1S/C21H17ClN2O5S/c1-11-10-16(24-19(26)12-6-3-4-8-14(12)22)30-18(11)20(27)23-15-9-5-7-13(17(15)25)21(28)29-2/h3-10,25H,1-2H3,(H,23,27)(H,24,26). The number of para-hydroxylation sites is 1. The highest BCUT2D eigenvalue weighted by Crippen LogP contribution is 2.31. The number of carbonyl (C=O) groups is 3. The van der Waals surface area contributed by atoms with Crippen molar-refractivity contribution < 1.29 is 24.2 Å². The topological polar surface area (TPSA) is 105 Å². The number of hydrogen-bond acceptors (Lipinski definition) is 6. The number of hydrogen-bond donors (Lipinski definition) is 3. The van der Waals surface area contributed by atoms with Gasteiger partial charge in [0.25, 0.3) is 11.8 Å². The molecule has 0 bridgehead atoms. The number of esters is 1. The van der Waals surface area contributed by atoms with Crippen LogP contribution in [0.5, 0.6) is 5.75 Å². The van der Waals surface area contributed by atoms with Crippen LogP contribution in [0.15, 0.2) is 48.5 Å². The molecule has 0 spiro atoms. The van der Waals surface area contributed by atoms with Crippen LogP contribution in [0.25, 0.3) is 0 Å². The average molecular weight is 445 g/mol. The second-order valence-electron chi connectivity index (χ2n) is 6.20. The van der Waals surface area contributed by atoms with Gasteiger partial charge in [-0.15, -0.1) is 11.3 Å². The summed E-state index contributed by atoms with van der Waals surface area (Å²) in [6.07, 6.45) is 0. The number of thiophene rings is 1. The molecule has 2 aromatic carbocycles. The van der Waals surface area contributed by atoms with Gasteiger partial charge in [-0.2, -0.15) is 0 Å². The number of aromatic hydroxyl groups is 1. The van der Waals surface area contributed by atoms with E-state index in [-0.39, 0.29) is 17.0 Å². The maximum atomic E-state index is 12.7. The summed E-state index contributed by atoms with van der Waals surface area (Å²) in [4.78, 5) is 37.2. The minimum absolute atomic E-state index is 0.0640. The van der Waals surface area contributed by atoms with Gasteiger partial charge in [-0.05, 0) is 42.8 Å². The third-order valence-corrected chi connectivity index (χ3v) is 5.65. The zero-order valence-corrected chi connectivity index (χ0v) is 17.6. The average Bonchev–Trinajstić information content (AvgIpc) is 3.09. The lowest BCUT2D eigenvalue weighted by Crippen LogP contribution is -2.13. The molecule has 154 valence electrons. The summed E-state index contributed by atoms with van der Waals surface area (Å²) in [6, 6.07) is 12.7. The number of phenols is 1. The van der Waals surface area contributed by atoms with Gasteiger partial charge in [0.05, 0.1) is 33.3 Å². The van der Waals surface area contributed by atoms with Crippen molar-refractivity contribution in [2.24, 2.45) is 0 Å².